The Kier molecular flexibility index (Phi) is 4.89. The number of aromatic nitrogens is 2. The van der Waals surface area contributed by atoms with Crippen LogP contribution in [0.1, 0.15) is 23.6 Å². The molecule has 3 aromatic rings. The Bertz CT molecular complexity index is 1050. The van der Waals surface area contributed by atoms with Gasteiger partial charge in [-0.05, 0) is 41.8 Å². The molecule has 8 heteroatoms. The molecule has 0 aliphatic rings. The van der Waals surface area contributed by atoms with E-state index in [2.05, 4.69) is 10.4 Å². The van der Waals surface area contributed by atoms with E-state index in [1.807, 2.05) is 19.1 Å². The number of fused-ring (bicyclic) bond motifs is 1. The van der Waals surface area contributed by atoms with Crippen molar-refractivity contribution in [3.63, 3.8) is 0 Å². The molecular formula is C19H17F2N3O3. The maximum atomic E-state index is 14.4. The van der Waals surface area contributed by atoms with Crippen LogP contribution in [0, 0.1) is 18.6 Å². The highest BCUT2D eigenvalue weighted by Gasteiger charge is 2.23. The van der Waals surface area contributed by atoms with Crippen molar-refractivity contribution in [1.29, 1.82) is 0 Å². The summed E-state index contributed by atoms with van der Waals surface area (Å²) in [5, 5.41) is 16.3. The van der Waals surface area contributed by atoms with E-state index in [1.54, 1.807) is 17.9 Å². The van der Waals surface area contributed by atoms with Gasteiger partial charge in [-0.15, -0.1) is 0 Å². The summed E-state index contributed by atoms with van der Waals surface area (Å²) in [5.41, 5.74) is 2.34. The molecule has 0 radical (unpaired) electrons. The summed E-state index contributed by atoms with van der Waals surface area (Å²) in [5.74, 6) is -3.55. The molecule has 27 heavy (non-hydrogen) atoms. The van der Waals surface area contributed by atoms with E-state index in [9.17, 15) is 18.4 Å². The van der Waals surface area contributed by atoms with Crippen molar-refractivity contribution in [2.75, 3.05) is 0 Å². The van der Waals surface area contributed by atoms with Crippen LogP contribution in [0.25, 0.3) is 22.0 Å². The van der Waals surface area contributed by atoms with E-state index in [1.165, 1.54) is 6.07 Å². The topological polar surface area (TPSA) is 84.2 Å². The summed E-state index contributed by atoms with van der Waals surface area (Å²) in [6.07, 6.45) is 1.47. The molecule has 1 heterocycles. The lowest BCUT2D eigenvalue weighted by atomic mass is 9.93. The summed E-state index contributed by atoms with van der Waals surface area (Å²) >= 11 is 0. The number of hydrogen-bond acceptors (Lipinski definition) is 3. The fraction of sp³-hybridized carbons (Fsp3) is 0.211. The van der Waals surface area contributed by atoms with E-state index in [-0.39, 0.29) is 12.0 Å². The molecule has 1 atom stereocenters. The van der Waals surface area contributed by atoms with Gasteiger partial charge in [-0.25, -0.2) is 8.78 Å². The highest BCUT2D eigenvalue weighted by molar-refractivity contribution is 5.96. The quantitative estimate of drug-likeness (QED) is 0.651. The van der Waals surface area contributed by atoms with Gasteiger partial charge in [-0.3, -0.25) is 14.3 Å². The smallest absolute Gasteiger partial charge is 0.305 e. The van der Waals surface area contributed by atoms with Gasteiger partial charge < -0.3 is 10.4 Å². The third kappa shape index (κ3) is 3.51. The van der Waals surface area contributed by atoms with E-state index >= 15 is 0 Å². The lowest BCUT2D eigenvalue weighted by Crippen LogP contribution is -2.24. The number of amides is 1. The van der Waals surface area contributed by atoms with Gasteiger partial charge in [0.25, 0.3) is 0 Å². The molecule has 0 aliphatic carbocycles. The van der Waals surface area contributed by atoms with Crippen molar-refractivity contribution >= 4 is 23.3 Å². The Morgan fingerprint density at radius 1 is 1.37 bits per heavy atom. The lowest BCUT2D eigenvalue weighted by molar-refractivity contribution is -0.137. The summed E-state index contributed by atoms with van der Waals surface area (Å²) in [4.78, 5) is 21.9. The van der Waals surface area contributed by atoms with Crippen LogP contribution in [0.15, 0.2) is 30.5 Å². The number of carbonyl (C=O) groups excluding carboxylic acids is 1. The molecule has 140 valence electrons. The normalized spacial score (nSPS) is 12.1. The second kappa shape index (κ2) is 7.14. The van der Waals surface area contributed by atoms with Crippen LogP contribution in [-0.4, -0.2) is 27.3 Å². The maximum Gasteiger partial charge on any atom is 0.305 e. The molecular weight excluding hydrogens is 356 g/mol. The standard InChI is InChI=1S/C19H17F2N3O3/c1-10-3-4-15-13(8-24(2)23-15)18(10)11-5-12(19(21)14(20)6-11)16(22-9-25)7-17(26)27/h3-6,8-9,16H,7H2,1-2H3,(H,22,25)(H,26,27). The molecule has 0 saturated heterocycles. The van der Waals surface area contributed by atoms with Crippen LogP contribution < -0.4 is 5.32 Å². The molecule has 2 aromatic carbocycles. The van der Waals surface area contributed by atoms with Crippen molar-refractivity contribution < 1.29 is 23.5 Å². The highest BCUT2D eigenvalue weighted by atomic mass is 19.2. The third-order valence-electron chi connectivity index (χ3n) is 4.38. The van der Waals surface area contributed by atoms with Gasteiger partial charge >= 0.3 is 5.97 Å². The zero-order chi connectivity index (χ0) is 19.7. The monoisotopic (exact) mass is 373 g/mol. The molecule has 1 aromatic heterocycles. The molecule has 0 bridgehead atoms. The first-order valence-corrected chi connectivity index (χ1v) is 8.15. The second-order valence-electron chi connectivity index (χ2n) is 6.29. The number of aryl methyl sites for hydroxylation is 2. The Labute approximate surface area is 153 Å². The van der Waals surface area contributed by atoms with E-state index in [0.29, 0.717) is 16.6 Å². The number of nitrogens with zero attached hydrogens (tertiary/aromatic N) is 2. The number of halogens is 2. The first kappa shape index (κ1) is 18.5. The molecule has 3 rings (SSSR count). The fourth-order valence-electron chi connectivity index (χ4n) is 3.23. The molecule has 6 nitrogen and oxygen atoms in total. The third-order valence-corrected chi connectivity index (χ3v) is 4.38. The number of carbonyl (C=O) groups is 2. The molecule has 2 N–H and O–H groups in total. The summed E-state index contributed by atoms with van der Waals surface area (Å²) in [6.45, 7) is 1.83. The van der Waals surface area contributed by atoms with Crippen molar-refractivity contribution in [1.82, 2.24) is 15.1 Å². The maximum absolute atomic E-state index is 14.4. The predicted molar refractivity (Wildman–Crippen MR) is 95.0 cm³/mol. The minimum absolute atomic E-state index is 0.222. The summed E-state index contributed by atoms with van der Waals surface area (Å²) in [7, 11) is 1.76. The Balaban J connectivity index is 2.24. The van der Waals surface area contributed by atoms with Crippen LogP contribution in [0.2, 0.25) is 0 Å². The SMILES string of the molecule is Cc1ccc2nn(C)cc2c1-c1cc(F)c(F)c(C(CC(=O)O)NC=O)c1. The van der Waals surface area contributed by atoms with Crippen molar-refractivity contribution in [3.8, 4) is 11.1 Å². The number of hydrogen-bond donors (Lipinski definition) is 2. The Hall–Kier alpha value is -3.29. The van der Waals surface area contributed by atoms with E-state index in [0.717, 1.165) is 17.0 Å². The molecule has 0 saturated carbocycles. The first-order valence-electron chi connectivity index (χ1n) is 8.15. The van der Waals surface area contributed by atoms with Gasteiger partial charge in [-0.1, -0.05) is 6.07 Å². The van der Waals surface area contributed by atoms with Crippen molar-refractivity contribution in [2.24, 2.45) is 7.05 Å². The number of carboxylic acids is 1. The van der Waals surface area contributed by atoms with Gasteiger partial charge in [0.05, 0.1) is 18.0 Å². The van der Waals surface area contributed by atoms with Gasteiger partial charge in [0.15, 0.2) is 11.6 Å². The van der Waals surface area contributed by atoms with Gasteiger partial charge in [0.2, 0.25) is 6.41 Å². The average Bonchev–Trinajstić information content (AvgIpc) is 2.97. The number of rotatable bonds is 6. The van der Waals surface area contributed by atoms with Crippen LogP contribution in [0.3, 0.4) is 0 Å². The molecule has 0 aliphatic heterocycles. The zero-order valence-electron chi connectivity index (χ0n) is 14.7. The molecule has 1 amide bonds. The molecule has 0 fully saturated rings. The average molecular weight is 373 g/mol. The van der Waals surface area contributed by atoms with Crippen LogP contribution in [0.5, 0.6) is 0 Å². The van der Waals surface area contributed by atoms with Crippen LogP contribution in [-0.2, 0) is 16.6 Å². The summed E-state index contributed by atoms with van der Waals surface area (Å²) in [6, 6.07) is 4.90. The van der Waals surface area contributed by atoms with E-state index < -0.39 is 30.1 Å². The number of nitrogens with one attached hydrogen (secondary N) is 1. The van der Waals surface area contributed by atoms with Crippen LogP contribution >= 0.6 is 0 Å². The number of carboxylic acid groups (broad SMARTS) is 1. The van der Waals surface area contributed by atoms with Crippen LogP contribution in [0.4, 0.5) is 8.78 Å². The minimum Gasteiger partial charge on any atom is -0.481 e. The van der Waals surface area contributed by atoms with Crippen molar-refractivity contribution in [2.45, 2.75) is 19.4 Å². The fourth-order valence-corrected chi connectivity index (χ4v) is 3.23. The minimum atomic E-state index is -1.25. The highest BCUT2D eigenvalue weighted by Crippen LogP contribution is 2.35. The van der Waals surface area contributed by atoms with Crippen molar-refractivity contribution in [3.05, 3.63) is 53.2 Å². The Morgan fingerprint density at radius 3 is 2.78 bits per heavy atom. The Morgan fingerprint density at radius 2 is 2.11 bits per heavy atom. The second-order valence-corrected chi connectivity index (χ2v) is 6.29. The lowest BCUT2D eigenvalue weighted by Gasteiger charge is -2.18. The van der Waals surface area contributed by atoms with Gasteiger partial charge in [0, 0.05) is 24.2 Å². The van der Waals surface area contributed by atoms with E-state index in [4.69, 9.17) is 5.11 Å². The predicted octanol–water partition coefficient (Wildman–Crippen LogP) is 3.09. The van der Waals surface area contributed by atoms with Gasteiger partial charge in [0.1, 0.15) is 0 Å². The largest absolute Gasteiger partial charge is 0.481 e. The number of aliphatic carboxylic acids is 1. The molecule has 1 unspecified atom stereocenters. The zero-order valence-corrected chi connectivity index (χ0v) is 14.7. The summed E-state index contributed by atoms with van der Waals surface area (Å²) < 4.78 is 30.4. The van der Waals surface area contributed by atoms with Gasteiger partial charge in [-0.2, -0.15) is 5.10 Å². The molecule has 0 spiro atoms. The first-order chi connectivity index (χ1) is 12.8. The number of benzene rings is 2.